The Labute approximate surface area is 165 Å². The molecule has 2 N–H and O–H groups in total. The van der Waals surface area contributed by atoms with Gasteiger partial charge >= 0.3 is 0 Å². The number of nitrogens with zero attached hydrogens (tertiary/aromatic N) is 2. The number of aryl methyl sites for hydroxylation is 1. The van der Waals surface area contributed by atoms with Gasteiger partial charge in [-0.25, -0.2) is 9.37 Å². The summed E-state index contributed by atoms with van der Waals surface area (Å²) in [6, 6.07) is 5.05. The van der Waals surface area contributed by atoms with Crippen molar-refractivity contribution in [2.45, 2.75) is 46.2 Å². The number of guanidine groups is 1. The Morgan fingerprint density at radius 2 is 1.92 bits per heavy atom. The van der Waals surface area contributed by atoms with Crippen LogP contribution < -0.4 is 10.6 Å². The summed E-state index contributed by atoms with van der Waals surface area (Å²) in [5, 5.41) is 6.34. The maximum atomic E-state index is 13.3. The summed E-state index contributed by atoms with van der Waals surface area (Å²) in [7, 11) is 1.70. The predicted octanol–water partition coefficient (Wildman–Crippen LogP) is 3.90. The minimum absolute atomic E-state index is 0. The van der Waals surface area contributed by atoms with Gasteiger partial charge in [-0.15, -0.1) is 24.0 Å². The Morgan fingerprint density at radius 3 is 2.48 bits per heavy atom. The van der Waals surface area contributed by atoms with Crippen molar-refractivity contribution >= 4 is 29.9 Å². The molecule has 138 valence electrons. The second-order valence-electron chi connectivity index (χ2n) is 6.73. The van der Waals surface area contributed by atoms with Gasteiger partial charge < -0.3 is 15.1 Å². The van der Waals surface area contributed by atoms with E-state index in [4.69, 9.17) is 4.42 Å². The Kier molecular flexibility index (Phi) is 7.85. The third-order valence-corrected chi connectivity index (χ3v) is 3.61. The maximum Gasteiger partial charge on any atom is 0.213 e. The van der Waals surface area contributed by atoms with Gasteiger partial charge in [-0.05, 0) is 24.1 Å². The molecule has 0 spiro atoms. The van der Waals surface area contributed by atoms with E-state index in [1.54, 1.807) is 26.2 Å². The topological polar surface area (TPSA) is 62.5 Å². The SMILES string of the molecule is CN=C(NCc1ccc(F)c(C)c1)NCc1ncc(C(C)(C)C)o1.I. The van der Waals surface area contributed by atoms with E-state index in [-0.39, 0.29) is 35.2 Å². The summed E-state index contributed by atoms with van der Waals surface area (Å²) in [5.74, 6) is 1.90. The zero-order chi connectivity index (χ0) is 17.7. The summed E-state index contributed by atoms with van der Waals surface area (Å²) >= 11 is 0. The fourth-order valence-corrected chi connectivity index (χ4v) is 2.12. The average Bonchev–Trinajstić information content (AvgIpc) is 3.00. The highest BCUT2D eigenvalue weighted by atomic mass is 127. The molecular weight excluding hydrogens is 434 g/mol. The quantitative estimate of drug-likeness (QED) is 0.413. The number of halogens is 2. The second kappa shape index (κ2) is 9.17. The fourth-order valence-electron chi connectivity index (χ4n) is 2.12. The molecule has 0 saturated heterocycles. The maximum absolute atomic E-state index is 13.3. The molecule has 0 bridgehead atoms. The molecule has 1 aromatic carbocycles. The molecule has 0 amide bonds. The van der Waals surface area contributed by atoms with Crippen molar-refractivity contribution < 1.29 is 8.81 Å². The molecule has 25 heavy (non-hydrogen) atoms. The van der Waals surface area contributed by atoms with Crippen molar-refractivity contribution in [1.29, 1.82) is 0 Å². The molecule has 2 rings (SSSR count). The van der Waals surface area contributed by atoms with Crippen LogP contribution in [0, 0.1) is 12.7 Å². The van der Waals surface area contributed by atoms with Crippen molar-refractivity contribution in [3.63, 3.8) is 0 Å². The number of aromatic nitrogens is 1. The highest BCUT2D eigenvalue weighted by Crippen LogP contribution is 2.22. The molecule has 0 aliphatic carbocycles. The summed E-state index contributed by atoms with van der Waals surface area (Å²) in [6.07, 6.45) is 1.76. The van der Waals surface area contributed by atoms with Gasteiger partial charge in [0.25, 0.3) is 0 Å². The molecule has 0 saturated carbocycles. The lowest BCUT2D eigenvalue weighted by atomic mass is 9.94. The van der Waals surface area contributed by atoms with Crippen molar-refractivity contribution in [1.82, 2.24) is 15.6 Å². The van der Waals surface area contributed by atoms with Gasteiger partial charge in [0.15, 0.2) is 5.96 Å². The molecule has 0 aliphatic heterocycles. The van der Waals surface area contributed by atoms with Crippen molar-refractivity contribution in [2.24, 2.45) is 4.99 Å². The van der Waals surface area contributed by atoms with Crippen molar-refractivity contribution in [3.8, 4) is 0 Å². The van der Waals surface area contributed by atoms with E-state index in [1.165, 1.54) is 6.07 Å². The molecule has 0 atom stereocenters. The number of benzene rings is 1. The molecule has 1 aromatic heterocycles. The van der Waals surface area contributed by atoms with Crippen LogP contribution in [0.3, 0.4) is 0 Å². The van der Waals surface area contributed by atoms with E-state index < -0.39 is 0 Å². The summed E-state index contributed by atoms with van der Waals surface area (Å²) in [6.45, 7) is 8.99. The number of oxazole rings is 1. The lowest BCUT2D eigenvalue weighted by Crippen LogP contribution is -2.36. The van der Waals surface area contributed by atoms with E-state index in [1.807, 2.05) is 6.07 Å². The molecule has 0 radical (unpaired) electrons. The Bertz CT molecular complexity index is 722. The lowest BCUT2D eigenvalue weighted by Gasteiger charge is -2.13. The van der Waals surface area contributed by atoms with E-state index in [9.17, 15) is 4.39 Å². The van der Waals surface area contributed by atoms with Gasteiger partial charge in [-0.3, -0.25) is 4.99 Å². The minimum atomic E-state index is -0.195. The van der Waals surface area contributed by atoms with Gasteiger partial charge in [0.05, 0.1) is 12.7 Å². The van der Waals surface area contributed by atoms with Gasteiger partial charge in [0.1, 0.15) is 11.6 Å². The first kappa shape index (κ1) is 21.4. The van der Waals surface area contributed by atoms with Crippen LogP contribution in [0.25, 0.3) is 0 Å². The van der Waals surface area contributed by atoms with Gasteiger partial charge in [-0.2, -0.15) is 0 Å². The number of aliphatic imine (C=N–C) groups is 1. The zero-order valence-electron chi connectivity index (χ0n) is 15.3. The molecule has 1 heterocycles. The Balaban J connectivity index is 0.00000312. The number of hydrogen-bond donors (Lipinski definition) is 2. The number of rotatable bonds is 4. The molecule has 7 heteroatoms. The summed E-state index contributed by atoms with van der Waals surface area (Å²) < 4.78 is 19.0. The Morgan fingerprint density at radius 1 is 1.24 bits per heavy atom. The molecular formula is C18H26FIN4O. The van der Waals surface area contributed by atoms with Crippen molar-refractivity contribution in [2.75, 3.05) is 7.05 Å². The van der Waals surface area contributed by atoms with Crippen LogP contribution in [0.2, 0.25) is 0 Å². The summed E-state index contributed by atoms with van der Waals surface area (Å²) in [4.78, 5) is 8.44. The smallest absolute Gasteiger partial charge is 0.213 e. The first-order chi connectivity index (χ1) is 11.3. The zero-order valence-corrected chi connectivity index (χ0v) is 17.6. The first-order valence-corrected chi connectivity index (χ1v) is 7.94. The highest BCUT2D eigenvalue weighted by molar-refractivity contribution is 14.0. The third-order valence-electron chi connectivity index (χ3n) is 3.61. The van der Waals surface area contributed by atoms with E-state index in [0.29, 0.717) is 30.5 Å². The van der Waals surface area contributed by atoms with E-state index in [0.717, 1.165) is 11.3 Å². The van der Waals surface area contributed by atoms with Crippen LogP contribution in [0.5, 0.6) is 0 Å². The third kappa shape index (κ3) is 6.30. The molecule has 0 aliphatic rings. The predicted molar refractivity (Wildman–Crippen MR) is 109 cm³/mol. The van der Waals surface area contributed by atoms with Crippen LogP contribution in [0.4, 0.5) is 4.39 Å². The number of nitrogens with one attached hydrogen (secondary N) is 2. The Hall–Kier alpha value is -1.64. The van der Waals surface area contributed by atoms with E-state index >= 15 is 0 Å². The van der Waals surface area contributed by atoms with E-state index in [2.05, 4.69) is 41.4 Å². The molecule has 2 aromatic rings. The lowest BCUT2D eigenvalue weighted by molar-refractivity contribution is 0.379. The van der Waals surface area contributed by atoms with Crippen LogP contribution in [0.15, 0.2) is 33.8 Å². The monoisotopic (exact) mass is 460 g/mol. The first-order valence-electron chi connectivity index (χ1n) is 7.94. The van der Waals surface area contributed by atoms with Gasteiger partial charge in [0.2, 0.25) is 5.89 Å². The highest BCUT2D eigenvalue weighted by Gasteiger charge is 2.19. The molecule has 0 fully saturated rings. The van der Waals surface area contributed by atoms with Gasteiger partial charge in [0, 0.05) is 19.0 Å². The van der Waals surface area contributed by atoms with Crippen LogP contribution in [-0.4, -0.2) is 18.0 Å². The van der Waals surface area contributed by atoms with Crippen molar-refractivity contribution in [3.05, 3.63) is 53.0 Å². The molecule has 0 unspecified atom stereocenters. The van der Waals surface area contributed by atoms with Gasteiger partial charge in [-0.1, -0.05) is 32.9 Å². The fraction of sp³-hybridized carbons (Fsp3) is 0.444. The number of hydrogen-bond acceptors (Lipinski definition) is 3. The normalized spacial score (nSPS) is 11.8. The average molecular weight is 460 g/mol. The van der Waals surface area contributed by atoms with Crippen LogP contribution in [-0.2, 0) is 18.5 Å². The second-order valence-corrected chi connectivity index (χ2v) is 6.73. The summed E-state index contributed by atoms with van der Waals surface area (Å²) in [5.41, 5.74) is 1.56. The van der Waals surface area contributed by atoms with Crippen LogP contribution in [0.1, 0.15) is 43.5 Å². The molecule has 5 nitrogen and oxygen atoms in total. The standard InChI is InChI=1S/C18H25FN4O.HI/c1-12-8-13(6-7-14(12)19)9-22-17(20-5)23-11-16-21-10-15(24-16)18(2,3)4;/h6-8,10H,9,11H2,1-5H3,(H2,20,22,23);1H. The largest absolute Gasteiger partial charge is 0.443 e. The van der Waals surface area contributed by atoms with Crippen LogP contribution >= 0.6 is 24.0 Å². The minimum Gasteiger partial charge on any atom is -0.443 e.